The number of non-ortho nitro benzene ring substituents is 1. The van der Waals surface area contributed by atoms with Crippen molar-refractivity contribution in [2.75, 3.05) is 0 Å². The summed E-state index contributed by atoms with van der Waals surface area (Å²) in [5.74, 6) is 0. The average molecular weight is 197 g/mol. The van der Waals surface area contributed by atoms with Gasteiger partial charge in [-0.25, -0.2) is 0 Å². The summed E-state index contributed by atoms with van der Waals surface area (Å²) in [6.45, 7) is 0. The van der Waals surface area contributed by atoms with Gasteiger partial charge in [0.1, 0.15) is 5.38 Å². The molecule has 1 aromatic carbocycles. The predicted octanol–water partition coefficient (Wildman–Crippen LogP) is 2.40. The molecule has 0 amide bonds. The van der Waals surface area contributed by atoms with Gasteiger partial charge in [0.2, 0.25) is 0 Å². The number of alkyl halides is 1. The summed E-state index contributed by atoms with van der Waals surface area (Å²) in [6, 6.07) is 7.41. The van der Waals surface area contributed by atoms with Crippen molar-refractivity contribution in [1.29, 1.82) is 5.26 Å². The van der Waals surface area contributed by atoms with Crippen LogP contribution in [-0.4, -0.2) is 4.92 Å². The van der Waals surface area contributed by atoms with Crippen molar-refractivity contribution in [3.63, 3.8) is 0 Å². The molecule has 0 aromatic heterocycles. The zero-order valence-corrected chi connectivity index (χ0v) is 7.23. The summed E-state index contributed by atoms with van der Waals surface area (Å²) in [5.41, 5.74) is 0.556. The molecule has 0 aliphatic carbocycles. The normalized spacial score (nSPS) is 11.7. The van der Waals surface area contributed by atoms with Crippen LogP contribution >= 0.6 is 11.6 Å². The predicted molar refractivity (Wildman–Crippen MR) is 47.3 cm³/mol. The van der Waals surface area contributed by atoms with E-state index in [1.807, 2.05) is 6.07 Å². The van der Waals surface area contributed by atoms with Crippen molar-refractivity contribution in [3.8, 4) is 6.07 Å². The molecule has 1 unspecified atom stereocenters. The van der Waals surface area contributed by atoms with Crippen LogP contribution in [0.4, 0.5) is 5.69 Å². The van der Waals surface area contributed by atoms with Crippen LogP contribution in [-0.2, 0) is 0 Å². The number of halogens is 1. The Morgan fingerprint density at radius 3 is 2.38 bits per heavy atom. The second-order valence-corrected chi connectivity index (χ2v) is 2.78. The fourth-order valence-corrected chi connectivity index (χ4v) is 0.985. The summed E-state index contributed by atoms with van der Waals surface area (Å²) in [5, 5.41) is 18.0. The van der Waals surface area contributed by atoms with Crippen LogP contribution < -0.4 is 0 Å². The lowest BCUT2D eigenvalue weighted by Gasteiger charge is -1.98. The maximum absolute atomic E-state index is 10.3. The quantitative estimate of drug-likeness (QED) is 0.414. The van der Waals surface area contributed by atoms with Gasteiger partial charge in [0.05, 0.1) is 11.0 Å². The van der Waals surface area contributed by atoms with Crippen molar-refractivity contribution < 1.29 is 4.92 Å². The first-order valence-corrected chi connectivity index (χ1v) is 3.87. The number of nitro groups is 1. The highest BCUT2D eigenvalue weighted by molar-refractivity contribution is 6.22. The molecule has 0 bridgehead atoms. The van der Waals surface area contributed by atoms with E-state index in [0.717, 1.165) is 0 Å². The van der Waals surface area contributed by atoms with Crippen LogP contribution in [0, 0.1) is 21.4 Å². The third-order valence-electron chi connectivity index (χ3n) is 1.51. The van der Waals surface area contributed by atoms with Gasteiger partial charge < -0.3 is 0 Å². The highest BCUT2D eigenvalue weighted by atomic mass is 35.5. The third kappa shape index (κ3) is 2.17. The molecule has 0 saturated heterocycles. The summed E-state index contributed by atoms with van der Waals surface area (Å²) < 4.78 is 0. The van der Waals surface area contributed by atoms with Gasteiger partial charge in [0, 0.05) is 12.1 Å². The van der Waals surface area contributed by atoms with E-state index in [1.54, 1.807) is 0 Å². The number of rotatable bonds is 2. The van der Waals surface area contributed by atoms with E-state index in [9.17, 15) is 10.1 Å². The molecule has 1 aromatic rings. The minimum atomic E-state index is -0.749. The van der Waals surface area contributed by atoms with Gasteiger partial charge in [-0.1, -0.05) is 0 Å². The molecule has 1 rings (SSSR count). The van der Waals surface area contributed by atoms with Crippen molar-refractivity contribution in [2.24, 2.45) is 0 Å². The molecular formula is C8H5ClN2O2. The van der Waals surface area contributed by atoms with E-state index in [0.29, 0.717) is 5.56 Å². The van der Waals surface area contributed by atoms with E-state index in [4.69, 9.17) is 16.9 Å². The van der Waals surface area contributed by atoms with Crippen molar-refractivity contribution in [2.45, 2.75) is 5.38 Å². The van der Waals surface area contributed by atoms with Crippen LogP contribution in [0.1, 0.15) is 10.9 Å². The van der Waals surface area contributed by atoms with Gasteiger partial charge in [-0.05, 0) is 17.7 Å². The van der Waals surface area contributed by atoms with Crippen molar-refractivity contribution in [3.05, 3.63) is 39.9 Å². The summed E-state index contributed by atoms with van der Waals surface area (Å²) >= 11 is 5.59. The summed E-state index contributed by atoms with van der Waals surface area (Å²) in [6.07, 6.45) is 0. The van der Waals surface area contributed by atoms with E-state index in [2.05, 4.69) is 0 Å². The first-order chi connectivity index (χ1) is 6.15. The van der Waals surface area contributed by atoms with Gasteiger partial charge >= 0.3 is 0 Å². The monoisotopic (exact) mass is 196 g/mol. The molecule has 66 valence electrons. The molecule has 0 N–H and O–H groups in total. The maximum Gasteiger partial charge on any atom is 0.269 e. The average Bonchev–Trinajstić information content (AvgIpc) is 2.17. The van der Waals surface area contributed by atoms with Crippen molar-refractivity contribution >= 4 is 17.3 Å². The molecule has 0 aliphatic heterocycles. The Kier molecular flexibility index (Phi) is 2.83. The second-order valence-electron chi connectivity index (χ2n) is 2.34. The molecule has 0 fully saturated rings. The van der Waals surface area contributed by atoms with Gasteiger partial charge in [-0.15, -0.1) is 11.6 Å². The summed E-state index contributed by atoms with van der Waals surface area (Å²) in [4.78, 5) is 9.76. The Bertz CT molecular complexity index is 355. The Balaban J connectivity index is 2.95. The molecule has 1 atom stereocenters. The maximum atomic E-state index is 10.3. The van der Waals surface area contributed by atoms with Gasteiger partial charge in [0.15, 0.2) is 0 Å². The zero-order chi connectivity index (χ0) is 9.84. The minimum Gasteiger partial charge on any atom is -0.258 e. The SMILES string of the molecule is N#CC(Cl)c1ccc([N+](=O)[O-])cc1. The standard InChI is InChI=1S/C8H5ClN2O2/c9-8(5-10)6-1-3-7(4-2-6)11(12)13/h1-4,8H. The van der Waals surface area contributed by atoms with Gasteiger partial charge in [0.25, 0.3) is 5.69 Å². The van der Waals surface area contributed by atoms with Gasteiger partial charge in [-0.2, -0.15) is 5.26 Å². The number of nitro benzene ring substituents is 1. The highest BCUT2D eigenvalue weighted by Crippen LogP contribution is 2.21. The highest BCUT2D eigenvalue weighted by Gasteiger charge is 2.08. The smallest absolute Gasteiger partial charge is 0.258 e. The lowest BCUT2D eigenvalue weighted by Crippen LogP contribution is -1.90. The van der Waals surface area contributed by atoms with Crippen LogP contribution in [0.2, 0.25) is 0 Å². The largest absolute Gasteiger partial charge is 0.269 e. The molecule has 13 heavy (non-hydrogen) atoms. The lowest BCUT2D eigenvalue weighted by molar-refractivity contribution is -0.384. The number of hydrogen-bond donors (Lipinski definition) is 0. The Morgan fingerprint density at radius 2 is 2.00 bits per heavy atom. The van der Waals surface area contributed by atoms with Crippen LogP contribution in [0.15, 0.2) is 24.3 Å². The summed E-state index contributed by atoms with van der Waals surface area (Å²) in [7, 11) is 0. The fraction of sp³-hybridized carbons (Fsp3) is 0.125. The molecule has 0 radical (unpaired) electrons. The Hall–Kier alpha value is -1.60. The molecule has 5 heteroatoms. The third-order valence-corrected chi connectivity index (χ3v) is 1.86. The number of benzene rings is 1. The first kappa shape index (κ1) is 9.49. The molecule has 0 aliphatic rings. The number of hydrogen-bond acceptors (Lipinski definition) is 3. The molecule has 0 heterocycles. The van der Waals surface area contributed by atoms with Crippen molar-refractivity contribution in [1.82, 2.24) is 0 Å². The van der Waals surface area contributed by atoms with Crippen LogP contribution in [0.5, 0.6) is 0 Å². The number of nitrogens with zero attached hydrogens (tertiary/aromatic N) is 2. The number of nitriles is 1. The fourth-order valence-electron chi connectivity index (χ4n) is 0.840. The first-order valence-electron chi connectivity index (χ1n) is 3.43. The van der Waals surface area contributed by atoms with E-state index in [-0.39, 0.29) is 5.69 Å². The minimum absolute atomic E-state index is 0.00874. The van der Waals surface area contributed by atoms with Crippen LogP contribution in [0.25, 0.3) is 0 Å². The molecule has 0 saturated carbocycles. The van der Waals surface area contributed by atoms with Crippen LogP contribution in [0.3, 0.4) is 0 Å². The van der Waals surface area contributed by atoms with Gasteiger partial charge in [-0.3, -0.25) is 10.1 Å². The Labute approximate surface area is 79.5 Å². The second kappa shape index (κ2) is 3.87. The van der Waals surface area contributed by atoms with E-state index >= 15 is 0 Å². The van der Waals surface area contributed by atoms with E-state index in [1.165, 1.54) is 24.3 Å². The Morgan fingerprint density at radius 1 is 1.46 bits per heavy atom. The topological polar surface area (TPSA) is 66.9 Å². The molecular weight excluding hydrogens is 192 g/mol. The molecule has 4 nitrogen and oxygen atoms in total. The lowest BCUT2D eigenvalue weighted by atomic mass is 10.1. The zero-order valence-electron chi connectivity index (χ0n) is 6.48. The molecule has 0 spiro atoms. The van der Waals surface area contributed by atoms with E-state index < -0.39 is 10.3 Å².